The van der Waals surface area contributed by atoms with Gasteiger partial charge in [0.25, 0.3) is 0 Å². The van der Waals surface area contributed by atoms with E-state index >= 15 is 0 Å². The van der Waals surface area contributed by atoms with Gasteiger partial charge in [-0.05, 0) is 41.8 Å². The summed E-state index contributed by atoms with van der Waals surface area (Å²) >= 11 is 1.57. The van der Waals surface area contributed by atoms with E-state index in [2.05, 4.69) is 4.72 Å². The molecule has 1 heterocycles. The highest BCUT2D eigenvalue weighted by Crippen LogP contribution is 2.25. The Labute approximate surface area is 132 Å². The van der Waals surface area contributed by atoms with Crippen LogP contribution in [0.25, 0.3) is 10.1 Å². The van der Waals surface area contributed by atoms with Crippen LogP contribution < -0.4 is 4.72 Å². The summed E-state index contributed by atoms with van der Waals surface area (Å²) in [4.78, 5) is 1.12. The van der Waals surface area contributed by atoms with E-state index in [-0.39, 0.29) is 11.4 Å². The van der Waals surface area contributed by atoms with Crippen LogP contribution in [0.15, 0.2) is 59.5 Å². The van der Waals surface area contributed by atoms with Gasteiger partial charge < -0.3 is 0 Å². The summed E-state index contributed by atoms with van der Waals surface area (Å²) in [6.45, 7) is 0.252. The SMILES string of the molecule is N#Cc1ccc(S(=O)(=O)NCc2cc3ccccc3s2)cc1. The van der Waals surface area contributed by atoms with Gasteiger partial charge in [0.2, 0.25) is 10.0 Å². The normalized spacial score (nSPS) is 11.4. The fraction of sp³-hybridized carbons (Fsp3) is 0.0625. The van der Waals surface area contributed by atoms with Crippen molar-refractivity contribution in [2.45, 2.75) is 11.4 Å². The third-order valence-corrected chi connectivity index (χ3v) is 5.74. The molecule has 0 saturated heterocycles. The van der Waals surface area contributed by atoms with Crippen LogP contribution in [0.2, 0.25) is 0 Å². The Morgan fingerprint density at radius 3 is 2.50 bits per heavy atom. The molecule has 22 heavy (non-hydrogen) atoms. The second kappa shape index (κ2) is 5.89. The molecule has 0 atom stereocenters. The van der Waals surface area contributed by atoms with Crippen LogP contribution in [0.3, 0.4) is 0 Å². The number of hydrogen-bond acceptors (Lipinski definition) is 4. The van der Waals surface area contributed by atoms with Gasteiger partial charge in [0.15, 0.2) is 0 Å². The largest absolute Gasteiger partial charge is 0.240 e. The maximum absolute atomic E-state index is 12.2. The fourth-order valence-electron chi connectivity index (χ4n) is 2.08. The summed E-state index contributed by atoms with van der Waals surface area (Å²) in [7, 11) is -3.57. The van der Waals surface area contributed by atoms with Crippen LogP contribution in [0.5, 0.6) is 0 Å². The van der Waals surface area contributed by atoms with E-state index in [4.69, 9.17) is 5.26 Å². The molecule has 2 aromatic carbocycles. The van der Waals surface area contributed by atoms with Gasteiger partial charge in [0.05, 0.1) is 16.5 Å². The molecule has 0 fully saturated rings. The van der Waals surface area contributed by atoms with E-state index in [9.17, 15) is 8.42 Å². The Balaban J connectivity index is 1.77. The molecule has 0 spiro atoms. The number of fused-ring (bicyclic) bond motifs is 1. The van der Waals surface area contributed by atoms with E-state index in [1.54, 1.807) is 11.3 Å². The Morgan fingerprint density at radius 1 is 1.09 bits per heavy atom. The molecule has 3 rings (SSSR count). The summed E-state index contributed by atoms with van der Waals surface area (Å²) in [5.74, 6) is 0. The summed E-state index contributed by atoms with van der Waals surface area (Å²) in [5.41, 5.74) is 0.434. The van der Waals surface area contributed by atoms with Gasteiger partial charge in [0.1, 0.15) is 0 Å². The Hall–Kier alpha value is -2.20. The number of thiophene rings is 1. The molecule has 1 N–H and O–H groups in total. The number of sulfonamides is 1. The molecule has 0 aliphatic carbocycles. The van der Waals surface area contributed by atoms with Crippen molar-refractivity contribution in [1.29, 1.82) is 5.26 Å². The summed E-state index contributed by atoms with van der Waals surface area (Å²) in [6, 6.07) is 17.7. The highest BCUT2D eigenvalue weighted by Gasteiger charge is 2.14. The molecule has 6 heteroatoms. The summed E-state index contributed by atoms with van der Waals surface area (Å²) in [6.07, 6.45) is 0. The van der Waals surface area contributed by atoms with Crippen molar-refractivity contribution in [2.75, 3.05) is 0 Å². The van der Waals surface area contributed by atoms with E-state index in [0.29, 0.717) is 5.56 Å². The molecule has 0 bridgehead atoms. The van der Waals surface area contributed by atoms with Crippen LogP contribution in [0, 0.1) is 11.3 Å². The first-order valence-corrected chi connectivity index (χ1v) is 8.86. The lowest BCUT2D eigenvalue weighted by Crippen LogP contribution is -2.22. The molecule has 0 aliphatic rings. The molecule has 110 valence electrons. The monoisotopic (exact) mass is 328 g/mol. The number of nitrogens with one attached hydrogen (secondary N) is 1. The maximum Gasteiger partial charge on any atom is 0.240 e. The predicted octanol–water partition coefficient (Wildman–Crippen LogP) is 3.25. The summed E-state index contributed by atoms with van der Waals surface area (Å²) in [5, 5.41) is 9.85. The summed E-state index contributed by atoms with van der Waals surface area (Å²) < 4.78 is 28.2. The minimum Gasteiger partial charge on any atom is -0.207 e. The highest BCUT2D eigenvalue weighted by molar-refractivity contribution is 7.89. The second-order valence-electron chi connectivity index (χ2n) is 4.71. The topological polar surface area (TPSA) is 70.0 Å². The van der Waals surface area contributed by atoms with Gasteiger partial charge in [-0.15, -0.1) is 11.3 Å². The van der Waals surface area contributed by atoms with Crippen molar-refractivity contribution in [3.63, 3.8) is 0 Å². The fourth-order valence-corrected chi connectivity index (χ4v) is 4.18. The second-order valence-corrected chi connectivity index (χ2v) is 7.65. The zero-order valence-corrected chi connectivity index (χ0v) is 13.1. The molecule has 0 saturated carbocycles. The zero-order chi connectivity index (χ0) is 15.6. The van der Waals surface area contributed by atoms with Gasteiger partial charge in [0, 0.05) is 16.1 Å². The lowest BCUT2D eigenvalue weighted by molar-refractivity contribution is 0.582. The number of hydrogen-bond donors (Lipinski definition) is 1. The molecule has 0 unspecified atom stereocenters. The quantitative estimate of drug-likeness (QED) is 0.799. The van der Waals surface area contributed by atoms with Crippen molar-refractivity contribution >= 4 is 31.4 Å². The number of nitrogens with zero attached hydrogens (tertiary/aromatic N) is 1. The van der Waals surface area contributed by atoms with Gasteiger partial charge >= 0.3 is 0 Å². The van der Waals surface area contributed by atoms with Crippen molar-refractivity contribution in [2.24, 2.45) is 0 Å². The highest BCUT2D eigenvalue weighted by atomic mass is 32.2. The third kappa shape index (κ3) is 3.02. The van der Waals surface area contributed by atoms with E-state index in [1.165, 1.54) is 24.3 Å². The van der Waals surface area contributed by atoms with Gasteiger partial charge in [-0.2, -0.15) is 5.26 Å². The molecular formula is C16H12N2O2S2. The molecule has 3 aromatic rings. The smallest absolute Gasteiger partial charge is 0.207 e. The van der Waals surface area contributed by atoms with E-state index in [0.717, 1.165) is 15.0 Å². The van der Waals surface area contributed by atoms with E-state index < -0.39 is 10.0 Å². The van der Waals surface area contributed by atoms with Crippen LogP contribution in [-0.2, 0) is 16.6 Å². The molecule has 0 amide bonds. The Bertz CT molecular complexity index is 919. The molecule has 1 aromatic heterocycles. The lowest BCUT2D eigenvalue weighted by Gasteiger charge is -2.05. The molecule has 0 radical (unpaired) electrons. The van der Waals surface area contributed by atoms with Crippen LogP contribution in [-0.4, -0.2) is 8.42 Å². The minimum atomic E-state index is -3.57. The average Bonchev–Trinajstić information content (AvgIpc) is 2.96. The van der Waals surface area contributed by atoms with Crippen LogP contribution >= 0.6 is 11.3 Å². The lowest BCUT2D eigenvalue weighted by atomic mass is 10.2. The first-order chi connectivity index (χ1) is 10.6. The van der Waals surface area contributed by atoms with Crippen molar-refractivity contribution < 1.29 is 8.42 Å². The van der Waals surface area contributed by atoms with E-state index in [1.807, 2.05) is 36.4 Å². The third-order valence-electron chi connectivity index (χ3n) is 3.21. The van der Waals surface area contributed by atoms with Gasteiger partial charge in [-0.3, -0.25) is 0 Å². The van der Waals surface area contributed by atoms with Crippen LogP contribution in [0.1, 0.15) is 10.4 Å². The number of nitriles is 1. The van der Waals surface area contributed by atoms with Crippen LogP contribution in [0.4, 0.5) is 0 Å². The molecule has 0 aliphatic heterocycles. The first-order valence-electron chi connectivity index (χ1n) is 6.56. The molecule has 4 nitrogen and oxygen atoms in total. The van der Waals surface area contributed by atoms with Crippen molar-refractivity contribution in [1.82, 2.24) is 4.72 Å². The molecular weight excluding hydrogens is 316 g/mol. The van der Waals surface area contributed by atoms with Gasteiger partial charge in [-0.1, -0.05) is 18.2 Å². The van der Waals surface area contributed by atoms with Gasteiger partial charge in [-0.25, -0.2) is 13.1 Å². The Kier molecular flexibility index (Phi) is 3.94. The number of benzene rings is 2. The number of rotatable bonds is 4. The minimum absolute atomic E-state index is 0.160. The van der Waals surface area contributed by atoms with Crippen molar-refractivity contribution in [3.8, 4) is 6.07 Å². The van der Waals surface area contributed by atoms with Crippen molar-refractivity contribution in [3.05, 3.63) is 65.0 Å². The first kappa shape index (κ1) is 14.7. The zero-order valence-electron chi connectivity index (χ0n) is 11.5. The predicted molar refractivity (Wildman–Crippen MR) is 87.0 cm³/mol. The maximum atomic E-state index is 12.2. The standard InChI is InChI=1S/C16H12N2O2S2/c17-10-12-5-7-15(8-6-12)22(19,20)18-11-14-9-13-3-1-2-4-16(13)21-14/h1-9,18H,11H2. The average molecular weight is 328 g/mol. The Morgan fingerprint density at radius 2 is 1.82 bits per heavy atom.